The topological polar surface area (TPSA) is 20.2 Å². The van der Waals surface area contributed by atoms with Gasteiger partial charge in [-0.25, -0.2) is 0 Å². The summed E-state index contributed by atoms with van der Waals surface area (Å²) in [4.78, 5) is 0. The molecule has 1 spiro atoms. The molecule has 0 atom stereocenters. The van der Waals surface area contributed by atoms with E-state index in [1.54, 1.807) is 0 Å². The lowest BCUT2D eigenvalue weighted by Crippen LogP contribution is -2.27. The van der Waals surface area contributed by atoms with Crippen molar-refractivity contribution in [2.75, 3.05) is 0 Å². The predicted molar refractivity (Wildman–Crippen MR) is 153 cm³/mol. The molecule has 37 heavy (non-hydrogen) atoms. The van der Waals surface area contributed by atoms with E-state index in [0.717, 1.165) is 5.46 Å². The Bertz CT molecular complexity index is 1830. The maximum absolute atomic E-state index is 9.98. The van der Waals surface area contributed by atoms with Crippen molar-refractivity contribution in [1.29, 1.82) is 0 Å². The van der Waals surface area contributed by atoms with Crippen LogP contribution in [-0.2, 0) is 5.41 Å². The first kappa shape index (κ1) is 20.8. The molecule has 0 aromatic heterocycles. The standard InChI is InChI=1S/C35H22BO/c37-36-24-17-19-30-29-18-16-23(26-13-7-9-22-8-1-2-10-25(22)26)20-33(29)35(34(30)21-24)31-14-5-3-11-27(31)28-12-4-6-15-32(28)35/h1-21,37H. The molecular formula is C35H22BO. The number of hydrogen-bond donors (Lipinski definition) is 1. The first-order valence-electron chi connectivity index (χ1n) is 12.7. The van der Waals surface area contributed by atoms with Gasteiger partial charge in [-0.2, -0.15) is 0 Å². The molecule has 6 aromatic rings. The van der Waals surface area contributed by atoms with Gasteiger partial charge in [0.2, 0.25) is 0 Å². The van der Waals surface area contributed by atoms with Crippen LogP contribution < -0.4 is 5.46 Å². The van der Waals surface area contributed by atoms with Crippen LogP contribution >= 0.6 is 0 Å². The minimum Gasteiger partial charge on any atom is -0.450 e. The third-order valence-electron chi connectivity index (χ3n) is 8.36. The molecule has 0 saturated carbocycles. The maximum Gasteiger partial charge on any atom is 0.326 e. The highest BCUT2D eigenvalue weighted by atomic mass is 16.2. The first-order chi connectivity index (χ1) is 18.3. The second-order valence-corrected chi connectivity index (χ2v) is 10.1. The van der Waals surface area contributed by atoms with Crippen LogP contribution in [-0.4, -0.2) is 12.5 Å². The highest BCUT2D eigenvalue weighted by molar-refractivity contribution is 6.45. The Hall–Kier alpha value is -4.40. The zero-order valence-electron chi connectivity index (χ0n) is 20.1. The van der Waals surface area contributed by atoms with Gasteiger partial charge in [0.1, 0.15) is 0 Å². The number of rotatable bonds is 2. The Kier molecular flexibility index (Phi) is 4.24. The van der Waals surface area contributed by atoms with E-state index < -0.39 is 5.41 Å². The molecule has 0 aliphatic heterocycles. The van der Waals surface area contributed by atoms with E-state index in [1.807, 2.05) is 6.07 Å². The van der Waals surface area contributed by atoms with Gasteiger partial charge < -0.3 is 5.02 Å². The van der Waals surface area contributed by atoms with Crippen LogP contribution in [0.3, 0.4) is 0 Å². The van der Waals surface area contributed by atoms with Gasteiger partial charge in [-0.3, -0.25) is 0 Å². The van der Waals surface area contributed by atoms with Gasteiger partial charge in [0.15, 0.2) is 0 Å². The summed E-state index contributed by atoms with van der Waals surface area (Å²) in [6.07, 6.45) is 0. The predicted octanol–water partition coefficient (Wildman–Crippen LogP) is 7.09. The molecule has 0 bridgehead atoms. The smallest absolute Gasteiger partial charge is 0.326 e. The zero-order chi connectivity index (χ0) is 24.6. The Balaban J connectivity index is 1.51. The summed E-state index contributed by atoms with van der Waals surface area (Å²) in [5, 5.41) is 12.5. The molecule has 2 aliphatic carbocycles. The van der Waals surface area contributed by atoms with Crippen molar-refractivity contribution in [2.24, 2.45) is 0 Å². The SMILES string of the molecule is O[B]c1ccc2c(c1)C1(c3ccccc3-c3ccccc31)c1cc(-c3cccc4ccccc34)ccc1-2. The van der Waals surface area contributed by atoms with Gasteiger partial charge >= 0.3 is 7.48 Å². The lowest BCUT2D eigenvalue weighted by molar-refractivity contribution is 0.615. The summed E-state index contributed by atoms with van der Waals surface area (Å²) in [6, 6.07) is 46.1. The molecule has 2 aliphatic rings. The molecule has 171 valence electrons. The molecule has 2 heteroatoms. The maximum atomic E-state index is 9.98. The van der Waals surface area contributed by atoms with Crippen molar-refractivity contribution < 1.29 is 5.02 Å². The molecule has 1 N–H and O–H groups in total. The van der Waals surface area contributed by atoms with Crippen LogP contribution in [0.5, 0.6) is 0 Å². The number of hydrogen-bond acceptors (Lipinski definition) is 1. The third-order valence-corrected chi connectivity index (χ3v) is 8.36. The molecule has 6 aromatic carbocycles. The zero-order valence-corrected chi connectivity index (χ0v) is 20.1. The summed E-state index contributed by atoms with van der Waals surface area (Å²) in [7, 11) is 1.21. The quantitative estimate of drug-likeness (QED) is 0.268. The van der Waals surface area contributed by atoms with Gasteiger partial charge in [-0.1, -0.05) is 127 Å². The van der Waals surface area contributed by atoms with Gasteiger partial charge in [-0.15, -0.1) is 0 Å². The molecule has 0 heterocycles. The molecule has 1 radical (unpaired) electrons. The van der Waals surface area contributed by atoms with Gasteiger partial charge in [-0.05, 0) is 72.5 Å². The third kappa shape index (κ3) is 2.63. The van der Waals surface area contributed by atoms with E-state index in [-0.39, 0.29) is 0 Å². The van der Waals surface area contributed by atoms with Crippen molar-refractivity contribution in [3.05, 3.63) is 150 Å². The van der Waals surface area contributed by atoms with E-state index >= 15 is 0 Å². The van der Waals surface area contributed by atoms with Gasteiger partial charge in [0, 0.05) is 0 Å². The van der Waals surface area contributed by atoms with Crippen molar-refractivity contribution in [1.82, 2.24) is 0 Å². The average Bonchev–Trinajstić information content (AvgIpc) is 3.43. The molecule has 8 rings (SSSR count). The highest BCUT2D eigenvalue weighted by Gasteiger charge is 2.51. The van der Waals surface area contributed by atoms with Gasteiger partial charge in [0.25, 0.3) is 0 Å². The second-order valence-electron chi connectivity index (χ2n) is 10.1. The lowest BCUT2D eigenvalue weighted by atomic mass is 9.69. The van der Waals surface area contributed by atoms with E-state index in [9.17, 15) is 5.02 Å². The monoisotopic (exact) mass is 469 g/mol. The van der Waals surface area contributed by atoms with Crippen molar-refractivity contribution in [3.63, 3.8) is 0 Å². The summed E-state index contributed by atoms with van der Waals surface area (Å²) >= 11 is 0. The van der Waals surface area contributed by atoms with Crippen LogP contribution in [0.15, 0.2) is 127 Å². The molecule has 1 nitrogen and oxygen atoms in total. The molecule has 0 unspecified atom stereocenters. The Labute approximate surface area is 217 Å². The van der Waals surface area contributed by atoms with Crippen LogP contribution in [0.4, 0.5) is 0 Å². The minimum atomic E-state index is -0.433. The summed E-state index contributed by atoms with van der Waals surface area (Å²) in [6.45, 7) is 0. The summed E-state index contributed by atoms with van der Waals surface area (Å²) in [5.41, 5.74) is 13.1. The fourth-order valence-corrected chi connectivity index (χ4v) is 6.88. The molecule has 0 saturated heterocycles. The Morgan fingerprint density at radius 3 is 1.78 bits per heavy atom. The first-order valence-corrected chi connectivity index (χ1v) is 12.7. The van der Waals surface area contributed by atoms with E-state index in [0.29, 0.717) is 0 Å². The van der Waals surface area contributed by atoms with Crippen LogP contribution in [0.2, 0.25) is 0 Å². The normalized spacial score (nSPS) is 13.8. The summed E-state index contributed by atoms with van der Waals surface area (Å²) in [5.74, 6) is 0. The van der Waals surface area contributed by atoms with Crippen LogP contribution in [0.25, 0.3) is 44.2 Å². The molecule has 0 fully saturated rings. The average molecular weight is 469 g/mol. The van der Waals surface area contributed by atoms with Gasteiger partial charge in [0.05, 0.1) is 5.41 Å². The fraction of sp³-hybridized carbons (Fsp3) is 0.0286. The fourth-order valence-electron chi connectivity index (χ4n) is 6.88. The van der Waals surface area contributed by atoms with E-state index in [2.05, 4.69) is 121 Å². The summed E-state index contributed by atoms with van der Waals surface area (Å²) < 4.78 is 0. The Morgan fingerprint density at radius 1 is 0.459 bits per heavy atom. The van der Waals surface area contributed by atoms with E-state index in [4.69, 9.17) is 0 Å². The second kappa shape index (κ2) is 7.55. The van der Waals surface area contributed by atoms with Crippen molar-refractivity contribution in [2.45, 2.75) is 5.41 Å². The minimum absolute atomic E-state index is 0.433. The van der Waals surface area contributed by atoms with Crippen LogP contribution in [0, 0.1) is 0 Å². The van der Waals surface area contributed by atoms with E-state index in [1.165, 1.54) is 73.9 Å². The highest BCUT2D eigenvalue weighted by Crippen LogP contribution is 2.62. The van der Waals surface area contributed by atoms with Crippen molar-refractivity contribution in [3.8, 4) is 33.4 Å². The largest absolute Gasteiger partial charge is 0.450 e. The molecular weight excluding hydrogens is 447 g/mol. The molecule has 0 amide bonds. The number of benzene rings is 6. The Morgan fingerprint density at radius 2 is 1.03 bits per heavy atom. The van der Waals surface area contributed by atoms with Crippen molar-refractivity contribution >= 4 is 23.7 Å². The number of fused-ring (bicyclic) bond motifs is 11. The van der Waals surface area contributed by atoms with Crippen LogP contribution in [0.1, 0.15) is 22.3 Å². The lowest BCUT2D eigenvalue weighted by Gasteiger charge is -2.31.